The van der Waals surface area contributed by atoms with Crippen molar-refractivity contribution in [3.63, 3.8) is 0 Å². The minimum atomic E-state index is -3.15. The lowest BCUT2D eigenvalue weighted by Gasteiger charge is -2.14. The van der Waals surface area contributed by atoms with Crippen LogP contribution in [0.5, 0.6) is 0 Å². The molecule has 1 saturated heterocycles. The van der Waals surface area contributed by atoms with E-state index in [1.165, 1.54) is 4.31 Å². The number of carbonyl (C=O) groups is 1. The van der Waals surface area contributed by atoms with Gasteiger partial charge in [0.05, 0.1) is 6.26 Å². The van der Waals surface area contributed by atoms with Crippen LogP contribution in [-0.2, 0) is 14.8 Å². The summed E-state index contributed by atoms with van der Waals surface area (Å²) in [7, 11) is -3.15. The first-order chi connectivity index (χ1) is 6.80. The van der Waals surface area contributed by atoms with Gasteiger partial charge < -0.3 is 10.8 Å². The molecule has 0 saturated carbocycles. The summed E-state index contributed by atoms with van der Waals surface area (Å²) in [6.07, 6.45) is 2.18. The molecule has 3 N–H and O–H groups in total. The van der Waals surface area contributed by atoms with Gasteiger partial charge in [0.2, 0.25) is 10.0 Å². The molecule has 0 radical (unpaired) electrons. The highest BCUT2D eigenvalue weighted by Crippen LogP contribution is 2.22. The van der Waals surface area contributed by atoms with Gasteiger partial charge in [0.15, 0.2) is 0 Å². The van der Waals surface area contributed by atoms with E-state index in [1.807, 2.05) is 0 Å². The second-order valence-electron chi connectivity index (χ2n) is 3.96. The summed E-state index contributed by atoms with van der Waals surface area (Å²) in [5, 5.41) is 8.61. The standard InChI is InChI=1S/C8H16N2O4S.ClH/c1-15(13,14)10-3-2-6(5-10)4-7(9)8(11)12;/h6-7H,2-5,9H2,1H3,(H,11,12);1H. The number of aliphatic carboxylic acids is 1. The fourth-order valence-corrected chi connectivity index (χ4v) is 2.67. The van der Waals surface area contributed by atoms with E-state index in [1.54, 1.807) is 0 Å². The molecular weight excluding hydrogens is 256 g/mol. The molecule has 1 aliphatic rings. The normalized spacial score (nSPS) is 23.8. The Bertz CT molecular complexity index is 346. The minimum Gasteiger partial charge on any atom is -0.480 e. The van der Waals surface area contributed by atoms with E-state index in [-0.39, 0.29) is 18.3 Å². The molecule has 0 spiro atoms. The van der Waals surface area contributed by atoms with Crippen LogP contribution >= 0.6 is 12.4 Å². The zero-order valence-corrected chi connectivity index (χ0v) is 10.6. The molecule has 1 rings (SSSR count). The third-order valence-electron chi connectivity index (χ3n) is 2.62. The number of sulfonamides is 1. The first-order valence-electron chi connectivity index (χ1n) is 4.74. The Morgan fingerprint density at radius 1 is 1.62 bits per heavy atom. The van der Waals surface area contributed by atoms with Crippen molar-refractivity contribution < 1.29 is 18.3 Å². The smallest absolute Gasteiger partial charge is 0.320 e. The third-order valence-corrected chi connectivity index (χ3v) is 3.89. The first kappa shape index (κ1) is 15.6. The van der Waals surface area contributed by atoms with Gasteiger partial charge in [-0.25, -0.2) is 12.7 Å². The fourth-order valence-electron chi connectivity index (χ4n) is 1.75. The molecule has 0 amide bonds. The van der Waals surface area contributed by atoms with Gasteiger partial charge in [-0.3, -0.25) is 4.79 Å². The summed E-state index contributed by atoms with van der Waals surface area (Å²) in [6.45, 7) is 0.857. The molecule has 8 heteroatoms. The molecule has 1 aliphatic heterocycles. The largest absolute Gasteiger partial charge is 0.480 e. The number of carboxylic acids is 1. The molecule has 2 atom stereocenters. The van der Waals surface area contributed by atoms with Crippen LogP contribution in [0.2, 0.25) is 0 Å². The number of halogens is 1. The van der Waals surface area contributed by atoms with E-state index in [9.17, 15) is 13.2 Å². The van der Waals surface area contributed by atoms with Crippen LogP contribution in [0.1, 0.15) is 12.8 Å². The lowest BCUT2D eigenvalue weighted by molar-refractivity contribution is -0.138. The van der Waals surface area contributed by atoms with E-state index >= 15 is 0 Å². The third kappa shape index (κ3) is 4.25. The molecule has 0 aromatic carbocycles. The number of nitrogens with two attached hydrogens (primary N) is 1. The second kappa shape index (κ2) is 5.81. The monoisotopic (exact) mass is 272 g/mol. The van der Waals surface area contributed by atoms with Crippen molar-refractivity contribution in [3.05, 3.63) is 0 Å². The minimum absolute atomic E-state index is 0. The quantitative estimate of drug-likeness (QED) is 0.718. The van der Waals surface area contributed by atoms with Crippen LogP contribution in [0, 0.1) is 5.92 Å². The van der Waals surface area contributed by atoms with Crippen LogP contribution in [-0.4, -0.2) is 49.2 Å². The van der Waals surface area contributed by atoms with Gasteiger partial charge in [0.25, 0.3) is 0 Å². The van der Waals surface area contributed by atoms with Crippen molar-refractivity contribution in [2.45, 2.75) is 18.9 Å². The zero-order chi connectivity index (χ0) is 11.6. The SMILES string of the molecule is CS(=O)(=O)N1CCC(CC(N)C(=O)O)C1.Cl. The molecule has 1 heterocycles. The highest BCUT2D eigenvalue weighted by Gasteiger charge is 2.30. The maximum atomic E-state index is 11.2. The van der Waals surface area contributed by atoms with Crippen molar-refractivity contribution in [2.24, 2.45) is 11.7 Å². The lowest BCUT2D eigenvalue weighted by Crippen LogP contribution is -2.33. The van der Waals surface area contributed by atoms with Gasteiger partial charge in [-0.1, -0.05) is 0 Å². The Morgan fingerprint density at radius 2 is 2.19 bits per heavy atom. The van der Waals surface area contributed by atoms with Gasteiger partial charge in [-0.05, 0) is 18.8 Å². The average Bonchev–Trinajstić information content (AvgIpc) is 2.51. The van der Waals surface area contributed by atoms with Crippen molar-refractivity contribution >= 4 is 28.4 Å². The predicted molar refractivity (Wildman–Crippen MR) is 62.0 cm³/mol. The number of rotatable bonds is 4. The van der Waals surface area contributed by atoms with Crippen molar-refractivity contribution in [2.75, 3.05) is 19.3 Å². The summed E-state index contributed by atoms with van der Waals surface area (Å²) in [6, 6.07) is -0.894. The topological polar surface area (TPSA) is 101 Å². The van der Waals surface area contributed by atoms with Crippen LogP contribution in [0.25, 0.3) is 0 Å². The van der Waals surface area contributed by atoms with E-state index < -0.39 is 22.0 Å². The summed E-state index contributed by atoms with van der Waals surface area (Å²) in [4.78, 5) is 10.5. The first-order valence-corrected chi connectivity index (χ1v) is 6.59. The average molecular weight is 273 g/mol. The van der Waals surface area contributed by atoms with Gasteiger partial charge in [0, 0.05) is 13.1 Å². The molecule has 2 unspecified atom stereocenters. The molecule has 16 heavy (non-hydrogen) atoms. The summed E-state index contributed by atoms with van der Waals surface area (Å²) < 4.78 is 23.7. The highest BCUT2D eigenvalue weighted by atomic mass is 35.5. The van der Waals surface area contributed by atoms with Gasteiger partial charge in [0.1, 0.15) is 6.04 Å². The van der Waals surface area contributed by atoms with Crippen LogP contribution < -0.4 is 5.73 Å². The van der Waals surface area contributed by atoms with E-state index in [4.69, 9.17) is 10.8 Å². The zero-order valence-electron chi connectivity index (χ0n) is 9.00. The summed E-state index contributed by atoms with van der Waals surface area (Å²) in [5.74, 6) is -0.973. The molecule has 0 bridgehead atoms. The number of hydrogen-bond donors (Lipinski definition) is 2. The van der Waals surface area contributed by atoms with E-state index in [0.29, 0.717) is 25.9 Å². The molecule has 0 aliphatic carbocycles. The predicted octanol–water partition coefficient (Wildman–Crippen LogP) is -0.508. The maximum Gasteiger partial charge on any atom is 0.320 e. The van der Waals surface area contributed by atoms with Crippen molar-refractivity contribution in [3.8, 4) is 0 Å². The van der Waals surface area contributed by atoms with Crippen molar-refractivity contribution in [1.29, 1.82) is 0 Å². The summed E-state index contributed by atoms with van der Waals surface area (Å²) >= 11 is 0. The van der Waals surface area contributed by atoms with Gasteiger partial charge >= 0.3 is 5.97 Å². The molecule has 0 aromatic heterocycles. The van der Waals surface area contributed by atoms with Crippen LogP contribution in [0.15, 0.2) is 0 Å². The van der Waals surface area contributed by atoms with Crippen LogP contribution in [0.3, 0.4) is 0 Å². The fraction of sp³-hybridized carbons (Fsp3) is 0.875. The maximum absolute atomic E-state index is 11.2. The Balaban J connectivity index is 0.00000225. The van der Waals surface area contributed by atoms with Gasteiger partial charge in [-0.2, -0.15) is 0 Å². The molecule has 0 aromatic rings. The Hall–Kier alpha value is -0.370. The second-order valence-corrected chi connectivity index (χ2v) is 5.94. The lowest BCUT2D eigenvalue weighted by atomic mass is 10.00. The molecule has 6 nitrogen and oxygen atoms in total. The molecule has 96 valence electrons. The number of carboxylic acid groups (broad SMARTS) is 1. The van der Waals surface area contributed by atoms with Crippen LogP contribution in [0.4, 0.5) is 0 Å². The Morgan fingerprint density at radius 3 is 2.56 bits per heavy atom. The number of nitrogens with zero attached hydrogens (tertiary/aromatic N) is 1. The molecular formula is C8H17ClN2O4S. The highest BCUT2D eigenvalue weighted by molar-refractivity contribution is 7.88. The van der Waals surface area contributed by atoms with Crippen molar-refractivity contribution in [1.82, 2.24) is 4.31 Å². The van der Waals surface area contributed by atoms with Gasteiger partial charge in [-0.15, -0.1) is 12.4 Å². The molecule has 1 fully saturated rings. The Kier molecular flexibility index (Phi) is 5.67. The Labute approximate surface area is 101 Å². The summed E-state index contributed by atoms with van der Waals surface area (Å²) in [5.41, 5.74) is 5.38. The number of hydrogen-bond acceptors (Lipinski definition) is 4. The van der Waals surface area contributed by atoms with E-state index in [0.717, 1.165) is 6.26 Å². The van der Waals surface area contributed by atoms with E-state index in [2.05, 4.69) is 0 Å².